The Morgan fingerprint density at radius 3 is 2.03 bits per heavy atom. The van der Waals surface area contributed by atoms with Crippen LogP contribution in [0.15, 0.2) is 54.9 Å². The molecule has 0 aliphatic heterocycles. The standard InChI is InChI=1S/C21H15F4N3O2/c22-17-7-6-14(9-16(17)21(23,24)25)19(29)15-10-27-18(28-11-15)8-3-12-1-4-13(5-2-12)20(26)30/h1-2,4-7,9-11H,3,8H2,(H2,26,30). The molecule has 0 aliphatic carbocycles. The Balaban J connectivity index is 1.69. The smallest absolute Gasteiger partial charge is 0.366 e. The summed E-state index contributed by atoms with van der Waals surface area (Å²) in [5, 5.41) is 0. The molecular formula is C21H15F4N3O2. The van der Waals surface area contributed by atoms with Crippen LogP contribution in [0.4, 0.5) is 17.6 Å². The summed E-state index contributed by atoms with van der Waals surface area (Å²) in [6.07, 6.45) is -1.45. The second-order valence-corrected chi connectivity index (χ2v) is 6.47. The zero-order valence-electron chi connectivity index (χ0n) is 15.4. The van der Waals surface area contributed by atoms with Crippen LogP contribution in [0.5, 0.6) is 0 Å². The fourth-order valence-electron chi connectivity index (χ4n) is 2.74. The average molecular weight is 417 g/mol. The minimum atomic E-state index is -4.91. The summed E-state index contributed by atoms with van der Waals surface area (Å²) < 4.78 is 51.9. The Labute approximate surface area is 168 Å². The lowest BCUT2D eigenvalue weighted by molar-refractivity contribution is -0.140. The molecule has 0 atom stereocenters. The third kappa shape index (κ3) is 4.86. The molecule has 0 bridgehead atoms. The van der Waals surface area contributed by atoms with E-state index in [1.165, 1.54) is 12.4 Å². The third-order valence-corrected chi connectivity index (χ3v) is 4.38. The molecule has 1 aromatic heterocycles. The maximum atomic E-state index is 13.4. The van der Waals surface area contributed by atoms with E-state index in [2.05, 4.69) is 9.97 Å². The monoisotopic (exact) mass is 417 g/mol. The van der Waals surface area contributed by atoms with Gasteiger partial charge in [0.25, 0.3) is 0 Å². The first-order chi connectivity index (χ1) is 14.1. The van der Waals surface area contributed by atoms with E-state index in [0.29, 0.717) is 36.4 Å². The fraction of sp³-hybridized carbons (Fsp3) is 0.143. The second kappa shape index (κ2) is 8.40. The molecule has 154 valence electrons. The molecule has 5 nitrogen and oxygen atoms in total. The lowest BCUT2D eigenvalue weighted by Gasteiger charge is -2.09. The molecule has 0 fully saturated rings. The number of nitrogens with zero attached hydrogens (tertiary/aromatic N) is 2. The highest BCUT2D eigenvalue weighted by Crippen LogP contribution is 2.32. The molecule has 0 spiro atoms. The maximum absolute atomic E-state index is 13.4. The summed E-state index contributed by atoms with van der Waals surface area (Å²) in [4.78, 5) is 31.6. The normalized spacial score (nSPS) is 11.3. The van der Waals surface area contributed by atoms with E-state index in [0.717, 1.165) is 11.6 Å². The summed E-state index contributed by atoms with van der Waals surface area (Å²) >= 11 is 0. The maximum Gasteiger partial charge on any atom is 0.419 e. The summed E-state index contributed by atoms with van der Waals surface area (Å²) in [5.41, 5.74) is 4.68. The van der Waals surface area contributed by atoms with Gasteiger partial charge in [-0.1, -0.05) is 12.1 Å². The summed E-state index contributed by atoms with van der Waals surface area (Å²) in [5.74, 6) is -2.28. The number of hydrogen-bond acceptors (Lipinski definition) is 4. The van der Waals surface area contributed by atoms with E-state index < -0.39 is 29.2 Å². The molecule has 0 saturated carbocycles. The fourth-order valence-corrected chi connectivity index (χ4v) is 2.74. The molecule has 3 rings (SSSR count). The molecule has 0 saturated heterocycles. The van der Waals surface area contributed by atoms with Crippen molar-refractivity contribution in [2.45, 2.75) is 19.0 Å². The van der Waals surface area contributed by atoms with E-state index in [9.17, 15) is 27.2 Å². The van der Waals surface area contributed by atoms with E-state index in [1.807, 2.05) is 0 Å². The van der Waals surface area contributed by atoms with Gasteiger partial charge in [-0.15, -0.1) is 0 Å². The van der Waals surface area contributed by atoms with Crippen molar-refractivity contribution in [1.82, 2.24) is 9.97 Å². The lowest BCUT2D eigenvalue weighted by atomic mass is 10.0. The number of hydrogen-bond donors (Lipinski definition) is 1. The number of benzene rings is 2. The zero-order valence-corrected chi connectivity index (χ0v) is 15.4. The number of halogens is 4. The van der Waals surface area contributed by atoms with E-state index in [4.69, 9.17) is 5.73 Å². The van der Waals surface area contributed by atoms with Crippen LogP contribution in [-0.2, 0) is 19.0 Å². The van der Waals surface area contributed by atoms with Crippen LogP contribution < -0.4 is 5.73 Å². The Bertz CT molecular complexity index is 1080. The number of aryl methyl sites for hydroxylation is 2. The van der Waals surface area contributed by atoms with Gasteiger partial charge < -0.3 is 5.73 Å². The van der Waals surface area contributed by atoms with Crippen LogP contribution in [0.2, 0.25) is 0 Å². The van der Waals surface area contributed by atoms with Crippen LogP contribution in [0.1, 0.15) is 43.2 Å². The number of alkyl halides is 3. The van der Waals surface area contributed by atoms with E-state index in [1.54, 1.807) is 24.3 Å². The number of primary amides is 1. The highest BCUT2D eigenvalue weighted by Gasteiger charge is 2.34. The van der Waals surface area contributed by atoms with Crippen molar-refractivity contribution < 1.29 is 27.2 Å². The molecule has 0 radical (unpaired) electrons. The lowest BCUT2D eigenvalue weighted by Crippen LogP contribution is -2.11. The van der Waals surface area contributed by atoms with Crippen molar-refractivity contribution in [3.05, 3.63) is 94.3 Å². The molecule has 2 aromatic carbocycles. The minimum absolute atomic E-state index is 0.00991. The van der Waals surface area contributed by atoms with Crippen LogP contribution in [0, 0.1) is 5.82 Å². The van der Waals surface area contributed by atoms with Crippen LogP contribution in [0.25, 0.3) is 0 Å². The van der Waals surface area contributed by atoms with Gasteiger partial charge in [0.2, 0.25) is 5.91 Å². The number of nitrogens with two attached hydrogens (primary N) is 1. The molecule has 1 heterocycles. The molecular weight excluding hydrogens is 402 g/mol. The summed E-state index contributed by atoms with van der Waals surface area (Å²) in [6.45, 7) is 0. The van der Waals surface area contributed by atoms with Crippen molar-refractivity contribution in [1.29, 1.82) is 0 Å². The second-order valence-electron chi connectivity index (χ2n) is 6.47. The predicted octanol–water partition coefficient (Wildman–Crippen LogP) is 3.75. The van der Waals surface area contributed by atoms with Gasteiger partial charge in [-0.05, 0) is 42.3 Å². The van der Waals surface area contributed by atoms with Gasteiger partial charge in [-0.3, -0.25) is 9.59 Å². The van der Waals surface area contributed by atoms with E-state index in [-0.39, 0.29) is 11.1 Å². The Morgan fingerprint density at radius 2 is 1.47 bits per heavy atom. The van der Waals surface area contributed by atoms with E-state index >= 15 is 0 Å². The molecule has 1 amide bonds. The average Bonchev–Trinajstić information content (AvgIpc) is 2.72. The van der Waals surface area contributed by atoms with Gasteiger partial charge >= 0.3 is 6.18 Å². The highest BCUT2D eigenvalue weighted by molar-refractivity contribution is 6.08. The van der Waals surface area contributed by atoms with Crippen molar-refractivity contribution in [2.24, 2.45) is 5.73 Å². The Kier molecular flexibility index (Phi) is 5.91. The molecule has 9 heteroatoms. The number of carbonyl (C=O) groups excluding carboxylic acids is 2. The van der Waals surface area contributed by atoms with Gasteiger partial charge in [0, 0.05) is 29.9 Å². The third-order valence-electron chi connectivity index (χ3n) is 4.38. The van der Waals surface area contributed by atoms with Gasteiger partial charge in [0.15, 0.2) is 5.78 Å². The number of amides is 1. The molecule has 3 aromatic rings. The van der Waals surface area contributed by atoms with Gasteiger partial charge in [0.05, 0.1) is 11.1 Å². The predicted molar refractivity (Wildman–Crippen MR) is 99.2 cm³/mol. The van der Waals surface area contributed by atoms with Crippen LogP contribution in [0.3, 0.4) is 0 Å². The molecule has 0 unspecified atom stereocenters. The highest BCUT2D eigenvalue weighted by atomic mass is 19.4. The first-order valence-electron chi connectivity index (χ1n) is 8.76. The van der Waals surface area contributed by atoms with Gasteiger partial charge in [-0.25, -0.2) is 14.4 Å². The molecule has 0 aliphatic rings. The number of aromatic nitrogens is 2. The van der Waals surface area contributed by atoms with Crippen LogP contribution in [-0.4, -0.2) is 21.7 Å². The Hall–Kier alpha value is -3.62. The minimum Gasteiger partial charge on any atom is -0.366 e. The van der Waals surface area contributed by atoms with Crippen LogP contribution >= 0.6 is 0 Å². The topological polar surface area (TPSA) is 85.9 Å². The first kappa shape index (κ1) is 21.1. The summed E-state index contributed by atoms with van der Waals surface area (Å²) in [7, 11) is 0. The molecule has 30 heavy (non-hydrogen) atoms. The van der Waals surface area contributed by atoms with Crippen molar-refractivity contribution >= 4 is 11.7 Å². The van der Waals surface area contributed by atoms with Crippen molar-refractivity contribution in [3.8, 4) is 0 Å². The number of ketones is 1. The van der Waals surface area contributed by atoms with Crippen molar-refractivity contribution in [2.75, 3.05) is 0 Å². The quantitative estimate of drug-likeness (QED) is 0.489. The Morgan fingerprint density at radius 1 is 0.867 bits per heavy atom. The zero-order chi connectivity index (χ0) is 21.9. The largest absolute Gasteiger partial charge is 0.419 e. The van der Waals surface area contributed by atoms with Gasteiger partial charge in [0.1, 0.15) is 11.6 Å². The number of rotatable bonds is 6. The number of carbonyl (C=O) groups is 2. The van der Waals surface area contributed by atoms with Gasteiger partial charge in [-0.2, -0.15) is 13.2 Å². The van der Waals surface area contributed by atoms with Crippen molar-refractivity contribution in [3.63, 3.8) is 0 Å². The summed E-state index contributed by atoms with van der Waals surface area (Å²) in [6, 6.07) is 8.79. The molecule has 2 N–H and O–H groups in total. The first-order valence-corrected chi connectivity index (χ1v) is 8.76. The SMILES string of the molecule is NC(=O)c1ccc(CCc2ncc(C(=O)c3ccc(F)c(C(F)(F)F)c3)cn2)cc1.